The van der Waals surface area contributed by atoms with Gasteiger partial charge in [0.15, 0.2) is 5.82 Å². The Morgan fingerprint density at radius 1 is 1.12 bits per heavy atom. The molecule has 0 saturated carbocycles. The van der Waals surface area contributed by atoms with Gasteiger partial charge in [0.1, 0.15) is 0 Å². The van der Waals surface area contributed by atoms with Crippen molar-refractivity contribution < 1.29 is 8.42 Å². The third-order valence-corrected chi connectivity index (χ3v) is 5.95. The lowest BCUT2D eigenvalue weighted by molar-refractivity contribution is 0.583. The number of aromatic nitrogens is 2. The number of benzene rings is 1. The number of nitrogens with one attached hydrogen (secondary N) is 2. The second kappa shape index (κ2) is 8.46. The largest absolute Gasteiger partial charge is 0.370 e. The lowest BCUT2D eigenvalue weighted by Gasteiger charge is -2.17. The van der Waals surface area contributed by atoms with Gasteiger partial charge in [0.05, 0.1) is 16.8 Å². The van der Waals surface area contributed by atoms with Crippen LogP contribution in [0.5, 0.6) is 0 Å². The maximum absolute atomic E-state index is 12.3. The highest BCUT2D eigenvalue weighted by Gasteiger charge is 2.14. The second-order valence-corrected chi connectivity index (χ2v) is 8.08. The molecule has 2 aromatic rings. The Balaban J connectivity index is 1.50. The first-order valence-electron chi connectivity index (χ1n) is 8.98. The summed E-state index contributed by atoms with van der Waals surface area (Å²) in [5.41, 5.74) is 2.17. The molecule has 1 fully saturated rings. The van der Waals surface area contributed by atoms with E-state index in [1.165, 1.54) is 12.8 Å². The fourth-order valence-electron chi connectivity index (χ4n) is 2.95. The third-order valence-electron chi connectivity index (χ3n) is 4.48. The van der Waals surface area contributed by atoms with E-state index >= 15 is 0 Å². The molecule has 7 nitrogen and oxygen atoms in total. The number of sulfonamides is 1. The van der Waals surface area contributed by atoms with Crippen molar-refractivity contribution in [2.75, 3.05) is 36.4 Å². The highest BCUT2D eigenvalue weighted by Crippen LogP contribution is 2.20. The van der Waals surface area contributed by atoms with E-state index in [4.69, 9.17) is 0 Å². The number of anilines is 2. The van der Waals surface area contributed by atoms with Gasteiger partial charge in [-0.15, -0.1) is 5.10 Å². The van der Waals surface area contributed by atoms with E-state index in [1.807, 2.05) is 25.1 Å². The molecule has 1 aromatic carbocycles. The Morgan fingerprint density at radius 2 is 1.85 bits per heavy atom. The van der Waals surface area contributed by atoms with Crippen molar-refractivity contribution in [2.24, 2.45) is 0 Å². The Bertz CT molecular complexity index is 818. The van der Waals surface area contributed by atoms with E-state index in [0.29, 0.717) is 12.4 Å². The predicted molar refractivity (Wildman–Crippen MR) is 103 cm³/mol. The van der Waals surface area contributed by atoms with E-state index in [-0.39, 0.29) is 11.4 Å². The van der Waals surface area contributed by atoms with Gasteiger partial charge in [-0.05, 0) is 37.0 Å². The van der Waals surface area contributed by atoms with E-state index < -0.39 is 10.0 Å². The zero-order valence-electron chi connectivity index (χ0n) is 15.0. The molecule has 8 heteroatoms. The SMILES string of the molecule is CCc1ccc(S(=O)(=O)NCCNc2cc(N3CCCC3)cnn2)cc1. The molecule has 1 aromatic heterocycles. The Morgan fingerprint density at radius 3 is 2.54 bits per heavy atom. The van der Waals surface area contributed by atoms with Crippen molar-refractivity contribution in [1.29, 1.82) is 0 Å². The van der Waals surface area contributed by atoms with Gasteiger partial charge in [-0.1, -0.05) is 19.1 Å². The van der Waals surface area contributed by atoms with E-state index in [1.54, 1.807) is 18.3 Å². The van der Waals surface area contributed by atoms with E-state index in [2.05, 4.69) is 25.1 Å². The van der Waals surface area contributed by atoms with Gasteiger partial charge in [-0.3, -0.25) is 0 Å². The van der Waals surface area contributed by atoms with Crippen LogP contribution in [0.15, 0.2) is 41.4 Å². The van der Waals surface area contributed by atoms with Crippen molar-refractivity contribution in [3.8, 4) is 0 Å². The average Bonchev–Trinajstić information content (AvgIpc) is 3.20. The van der Waals surface area contributed by atoms with Crippen LogP contribution in [0.25, 0.3) is 0 Å². The topological polar surface area (TPSA) is 87.2 Å². The highest BCUT2D eigenvalue weighted by atomic mass is 32.2. The predicted octanol–water partition coefficient (Wildman–Crippen LogP) is 2.03. The Labute approximate surface area is 154 Å². The van der Waals surface area contributed by atoms with Crippen LogP contribution >= 0.6 is 0 Å². The number of hydrogen-bond acceptors (Lipinski definition) is 6. The highest BCUT2D eigenvalue weighted by molar-refractivity contribution is 7.89. The van der Waals surface area contributed by atoms with Crippen LogP contribution in [0.3, 0.4) is 0 Å². The number of aryl methyl sites for hydroxylation is 1. The smallest absolute Gasteiger partial charge is 0.240 e. The van der Waals surface area contributed by atoms with Crippen molar-refractivity contribution >= 4 is 21.5 Å². The molecule has 1 aliphatic rings. The molecule has 3 rings (SSSR count). The van der Waals surface area contributed by atoms with Crippen LogP contribution in [0.4, 0.5) is 11.5 Å². The summed E-state index contributed by atoms with van der Waals surface area (Å²) in [5, 5.41) is 11.2. The summed E-state index contributed by atoms with van der Waals surface area (Å²) in [5.74, 6) is 0.654. The standard InChI is InChI=1S/C18H25N5O2S/c1-2-15-5-7-17(8-6-15)26(24,25)21-10-9-19-18-13-16(14-20-22-18)23-11-3-4-12-23/h5-8,13-14,21H,2-4,9-12H2,1H3,(H,19,22). The molecule has 140 valence electrons. The molecule has 2 N–H and O–H groups in total. The molecular weight excluding hydrogens is 350 g/mol. The lowest BCUT2D eigenvalue weighted by atomic mass is 10.2. The molecule has 0 amide bonds. The fraction of sp³-hybridized carbons (Fsp3) is 0.444. The number of hydrogen-bond donors (Lipinski definition) is 2. The van der Waals surface area contributed by atoms with Crippen LogP contribution in [-0.2, 0) is 16.4 Å². The molecule has 0 atom stereocenters. The van der Waals surface area contributed by atoms with Gasteiger partial charge < -0.3 is 10.2 Å². The first kappa shape index (κ1) is 18.6. The maximum Gasteiger partial charge on any atom is 0.240 e. The minimum atomic E-state index is -3.50. The Hall–Kier alpha value is -2.19. The van der Waals surface area contributed by atoms with Crippen LogP contribution in [-0.4, -0.2) is 44.8 Å². The monoisotopic (exact) mass is 375 g/mol. The van der Waals surface area contributed by atoms with Crippen molar-refractivity contribution in [3.63, 3.8) is 0 Å². The summed E-state index contributed by atoms with van der Waals surface area (Å²) < 4.78 is 27.2. The van der Waals surface area contributed by atoms with Gasteiger partial charge in [0.2, 0.25) is 10.0 Å². The van der Waals surface area contributed by atoms with Crippen LogP contribution in [0, 0.1) is 0 Å². The van der Waals surface area contributed by atoms with Crippen LogP contribution < -0.4 is 14.9 Å². The quantitative estimate of drug-likeness (QED) is 0.687. The Kier molecular flexibility index (Phi) is 6.05. The zero-order valence-corrected chi connectivity index (χ0v) is 15.8. The molecule has 1 saturated heterocycles. The van der Waals surface area contributed by atoms with Crippen molar-refractivity contribution in [1.82, 2.24) is 14.9 Å². The molecule has 0 aliphatic carbocycles. The zero-order chi connectivity index (χ0) is 18.4. The van der Waals surface area contributed by atoms with Gasteiger partial charge in [-0.2, -0.15) is 5.10 Å². The van der Waals surface area contributed by atoms with Crippen molar-refractivity contribution in [2.45, 2.75) is 31.1 Å². The molecule has 2 heterocycles. The summed E-state index contributed by atoms with van der Waals surface area (Å²) >= 11 is 0. The number of nitrogens with zero attached hydrogens (tertiary/aromatic N) is 3. The van der Waals surface area contributed by atoms with Crippen LogP contribution in [0.2, 0.25) is 0 Å². The summed E-state index contributed by atoms with van der Waals surface area (Å²) in [4.78, 5) is 2.56. The molecule has 0 bridgehead atoms. The van der Waals surface area contributed by atoms with Crippen LogP contribution in [0.1, 0.15) is 25.3 Å². The first-order valence-corrected chi connectivity index (χ1v) is 10.5. The minimum Gasteiger partial charge on any atom is -0.370 e. The summed E-state index contributed by atoms with van der Waals surface area (Å²) in [7, 11) is -3.50. The second-order valence-electron chi connectivity index (χ2n) is 6.32. The fourth-order valence-corrected chi connectivity index (χ4v) is 3.99. The molecular formula is C18H25N5O2S. The molecule has 1 aliphatic heterocycles. The van der Waals surface area contributed by atoms with E-state index in [9.17, 15) is 8.42 Å². The summed E-state index contributed by atoms with van der Waals surface area (Å²) in [6.45, 7) is 4.83. The van der Waals surface area contributed by atoms with Crippen molar-refractivity contribution in [3.05, 3.63) is 42.1 Å². The molecule has 0 spiro atoms. The molecule has 0 unspecified atom stereocenters. The van der Waals surface area contributed by atoms with Gasteiger partial charge in [-0.25, -0.2) is 13.1 Å². The number of rotatable bonds is 8. The van der Waals surface area contributed by atoms with Gasteiger partial charge in [0.25, 0.3) is 0 Å². The minimum absolute atomic E-state index is 0.271. The normalized spacial score (nSPS) is 14.6. The first-order chi connectivity index (χ1) is 12.6. The molecule has 26 heavy (non-hydrogen) atoms. The van der Waals surface area contributed by atoms with Gasteiger partial charge >= 0.3 is 0 Å². The van der Waals surface area contributed by atoms with Gasteiger partial charge in [0, 0.05) is 32.2 Å². The summed E-state index contributed by atoms with van der Waals surface area (Å²) in [6, 6.07) is 8.91. The molecule has 0 radical (unpaired) electrons. The third kappa shape index (κ3) is 4.70. The van der Waals surface area contributed by atoms with E-state index in [0.717, 1.165) is 30.8 Å². The lowest BCUT2D eigenvalue weighted by Crippen LogP contribution is -2.29. The summed E-state index contributed by atoms with van der Waals surface area (Å²) in [6.07, 6.45) is 5.05. The average molecular weight is 375 g/mol. The maximum atomic E-state index is 12.3.